The smallest absolute Gasteiger partial charge is 0.166 e. The van der Waals surface area contributed by atoms with Crippen LogP contribution in [-0.4, -0.2) is 20.4 Å². The first-order valence-corrected chi connectivity index (χ1v) is 9.76. The Morgan fingerprint density at radius 2 is 1.79 bits per heavy atom. The molecular weight excluding hydrogens is 393 g/mol. The standard InChI is InChI=1S/C22H15Cl2N3O/c23-16-6-4-13(5-7-16)18-11-25-27-12-19-20(26-22(18)27)9-15(10-21(19)28)14-2-1-3-17(24)8-14/h1-8,11-12,15H,9-10H2. The van der Waals surface area contributed by atoms with Crippen molar-refractivity contribution in [1.29, 1.82) is 0 Å². The van der Waals surface area contributed by atoms with Crippen LogP contribution >= 0.6 is 23.2 Å². The number of carbonyl (C=O) groups is 1. The SMILES string of the molecule is O=C1CC(c2cccc(Cl)c2)Cc2nc3c(-c4ccc(Cl)cc4)cnn3cc21. The average molecular weight is 408 g/mol. The molecule has 0 radical (unpaired) electrons. The lowest BCUT2D eigenvalue weighted by molar-refractivity contribution is 0.0962. The van der Waals surface area contributed by atoms with E-state index in [-0.39, 0.29) is 11.7 Å². The Morgan fingerprint density at radius 1 is 0.964 bits per heavy atom. The van der Waals surface area contributed by atoms with Gasteiger partial charge in [-0.1, -0.05) is 47.5 Å². The van der Waals surface area contributed by atoms with Gasteiger partial charge in [-0.2, -0.15) is 5.10 Å². The summed E-state index contributed by atoms with van der Waals surface area (Å²) in [5, 5.41) is 5.76. The van der Waals surface area contributed by atoms with Gasteiger partial charge in [-0.3, -0.25) is 4.79 Å². The molecule has 1 unspecified atom stereocenters. The summed E-state index contributed by atoms with van der Waals surface area (Å²) in [5.74, 6) is 0.166. The van der Waals surface area contributed by atoms with Gasteiger partial charge in [0, 0.05) is 28.2 Å². The van der Waals surface area contributed by atoms with Gasteiger partial charge >= 0.3 is 0 Å². The molecule has 1 aliphatic carbocycles. The molecule has 138 valence electrons. The van der Waals surface area contributed by atoms with Crippen molar-refractivity contribution < 1.29 is 4.79 Å². The van der Waals surface area contributed by atoms with Crippen LogP contribution in [0.15, 0.2) is 60.9 Å². The van der Waals surface area contributed by atoms with Crippen molar-refractivity contribution in [3.8, 4) is 11.1 Å². The van der Waals surface area contributed by atoms with E-state index in [1.54, 1.807) is 16.9 Å². The van der Waals surface area contributed by atoms with Crippen molar-refractivity contribution in [3.63, 3.8) is 0 Å². The second kappa shape index (κ2) is 6.73. The molecule has 0 amide bonds. The van der Waals surface area contributed by atoms with E-state index in [0.717, 1.165) is 28.0 Å². The van der Waals surface area contributed by atoms with E-state index in [2.05, 4.69) is 5.10 Å². The highest BCUT2D eigenvalue weighted by Crippen LogP contribution is 2.34. The first-order valence-electron chi connectivity index (χ1n) is 9.00. The monoisotopic (exact) mass is 407 g/mol. The predicted octanol–water partition coefficient (Wildman–Crippen LogP) is 5.62. The normalized spacial score (nSPS) is 16.4. The van der Waals surface area contributed by atoms with Gasteiger partial charge in [-0.15, -0.1) is 0 Å². The number of halogens is 2. The summed E-state index contributed by atoms with van der Waals surface area (Å²) in [4.78, 5) is 17.6. The highest BCUT2D eigenvalue weighted by molar-refractivity contribution is 6.30. The van der Waals surface area contributed by atoms with Crippen molar-refractivity contribution in [2.45, 2.75) is 18.8 Å². The highest BCUT2D eigenvalue weighted by atomic mass is 35.5. The summed E-state index contributed by atoms with van der Waals surface area (Å²) in [6.07, 6.45) is 4.72. The molecule has 4 nitrogen and oxygen atoms in total. The van der Waals surface area contributed by atoms with Gasteiger partial charge in [-0.25, -0.2) is 9.50 Å². The fraction of sp³-hybridized carbons (Fsp3) is 0.136. The third-order valence-electron chi connectivity index (χ3n) is 5.22. The summed E-state index contributed by atoms with van der Waals surface area (Å²) >= 11 is 12.1. The number of benzene rings is 2. The molecule has 2 aromatic carbocycles. The number of hydrogen-bond donors (Lipinski definition) is 0. The van der Waals surface area contributed by atoms with Crippen LogP contribution in [-0.2, 0) is 6.42 Å². The van der Waals surface area contributed by atoms with Crippen LogP contribution in [0.2, 0.25) is 10.0 Å². The summed E-state index contributed by atoms with van der Waals surface area (Å²) in [6, 6.07) is 15.3. The molecule has 0 spiro atoms. The quantitative estimate of drug-likeness (QED) is 0.433. The Morgan fingerprint density at radius 3 is 2.57 bits per heavy atom. The van der Waals surface area contributed by atoms with E-state index < -0.39 is 0 Å². The largest absolute Gasteiger partial charge is 0.294 e. The predicted molar refractivity (Wildman–Crippen MR) is 110 cm³/mol. The van der Waals surface area contributed by atoms with Gasteiger partial charge in [0.2, 0.25) is 0 Å². The second-order valence-electron chi connectivity index (χ2n) is 7.02. The molecule has 4 aromatic rings. The van der Waals surface area contributed by atoms with Crippen LogP contribution in [0.5, 0.6) is 0 Å². The number of aromatic nitrogens is 3. The number of rotatable bonds is 2. The molecule has 1 aliphatic rings. The van der Waals surface area contributed by atoms with Crippen molar-refractivity contribution in [2.24, 2.45) is 0 Å². The van der Waals surface area contributed by atoms with E-state index in [4.69, 9.17) is 28.2 Å². The van der Waals surface area contributed by atoms with Crippen molar-refractivity contribution >= 4 is 34.6 Å². The van der Waals surface area contributed by atoms with Crippen LogP contribution in [0.4, 0.5) is 0 Å². The molecule has 0 bridgehead atoms. The Labute approximate surface area is 171 Å². The van der Waals surface area contributed by atoms with Crippen LogP contribution in [0.25, 0.3) is 16.8 Å². The maximum absolute atomic E-state index is 12.8. The maximum atomic E-state index is 12.8. The molecule has 0 aliphatic heterocycles. The van der Waals surface area contributed by atoms with Crippen molar-refractivity contribution in [3.05, 3.63) is 87.8 Å². The minimum atomic E-state index is 0.0792. The number of Topliss-reactive ketones (excluding diaryl/α,β-unsaturated/α-hetero) is 1. The zero-order valence-corrected chi connectivity index (χ0v) is 16.3. The molecule has 6 heteroatoms. The van der Waals surface area contributed by atoms with Crippen LogP contribution in [0, 0.1) is 0 Å². The minimum absolute atomic E-state index is 0.0792. The second-order valence-corrected chi connectivity index (χ2v) is 7.89. The Kier molecular flexibility index (Phi) is 4.18. The Hall–Kier alpha value is -2.69. The lowest BCUT2D eigenvalue weighted by Crippen LogP contribution is -2.21. The average Bonchev–Trinajstić information content (AvgIpc) is 3.10. The maximum Gasteiger partial charge on any atom is 0.166 e. The third-order valence-corrected chi connectivity index (χ3v) is 5.71. The van der Waals surface area contributed by atoms with Crippen LogP contribution in [0.3, 0.4) is 0 Å². The van der Waals surface area contributed by atoms with E-state index in [0.29, 0.717) is 28.5 Å². The zero-order chi connectivity index (χ0) is 19.3. The molecule has 28 heavy (non-hydrogen) atoms. The first-order chi connectivity index (χ1) is 13.6. The van der Waals surface area contributed by atoms with Gasteiger partial charge in [0.1, 0.15) is 0 Å². The van der Waals surface area contributed by atoms with Gasteiger partial charge in [0.25, 0.3) is 0 Å². The molecule has 0 fully saturated rings. The molecule has 2 heterocycles. The lowest BCUT2D eigenvalue weighted by Gasteiger charge is -2.23. The molecule has 2 aromatic heterocycles. The topological polar surface area (TPSA) is 47.3 Å². The Balaban J connectivity index is 1.59. The first kappa shape index (κ1) is 17.4. The fourth-order valence-corrected chi connectivity index (χ4v) is 4.13. The molecule has 1 atom stereocenters. The number of carbonyl (C=O) groups excluding carboxylic acids is 1. The zero-order valence-electron chi connectivity index (χ0n) is 14.8. The fourth-order valence-electron chi connectivity index (χ4n) is 3.80. The number of hydrogen-bond acceptors (Lipinski definition) is 3. The van der Waals surface area contributed by atoms with Gasteiger partial charge in [0.15, 0.2) is 11.4 Å². The molecule has 0 saturated heterocycles. The number of fused-ring (bicyclic) bond motifs is 2. The van der Waals surface area contributed by atoms with Crippen LogP contribution in [0.1, 0.15) is 34.0 Å². The lowest BCUT2D eigenvalue weighted by atomic mass is 9.82. The summed E-state index contributed by atoms with van der Waals surface area (Å²) in [5.41, 5.74) is 5.17. The number of ketones is 1. The van der Waals surface area contributed by atoms with Gasteiger partial charge < -0.3 is 0 Å². The van der Waals surface area contributed by atoms with Gasteiger partial charge in [0.05, 0.1) is 17.5 Å². The molecule has 0 N–H and O–H groups in total. The van der Waals surface area contributed by atoms with E-state index in [1.165, 1.54) is 0 Å². The van der Waals surface area contributed by atoms with E-state index in [1.807, 2.05) is 48.5 Å². The summed E-state index contributed by atoms with van der Waals surface area (Å²) < 4.78 is 1.68. The number of nitrogens with zero attached hydrogens (tertiary/aromatic N) is 3. The molecule has 5 rings (SSSR count). The summed E-state index contributed by atoms with van der Waals surface area (Å²) in [6.45, 7) is 0. The summed E-state index contributed by atoms with van der Waals surface area (Å²) in [7, 11) is 0. The third kappa shape index (κ3) is 2.99. The van der Waals surface area contributed by atoms with E-state index >= 15 is 0 Å². The van der Waals surface area contributed by atoms with Crippen LogP contribution < -0.4 is 0 Å². The highest BCUT2D eigenvalue weighted by Gasteiger charge is 2.28. The molecular formula is C22H15Cl2N3O. The van der Waals surface area contributed by atoms with Crippen molar-refractivity contribution in [1.82, 2.24) is 14.6 Å². The van der Waals surface area contributed by atoms with Crippen molar-refractivity contribution in [2.75, 3.05) is 0 Å². The van der Waals surface area contributed by atoms with E-state index in [9.17, 15) is 4.79 Å². The Bertz CT molecular complexity index is 1210. The van der Waals surface area contributed by atoms with Gasteiger partial charge in [-0.05, 0) is 47.7 Å². The molecule has 0 saturated carbocycles. The minimum Gasteiger partial charge on any atom is -0.294 e.